The number of aliphatic hydroxyl groups is 1. The summed E-state index contributed by atoms with van der Waals surface area (Å²) in [5, 5.41) is 19.5. The van der Waals surface area contributed by atoms with Gasteiger partial charge >= 0.3 is 0 Å². The van der Waals surface area contributed by atoms with Gasteiger partial charge in [0.25, 0.3) is 5.91 Å². The number of nitrogens with one attached hydrogen (secondary N) is 1. The number of furan rings is 1. The highest BCUT2D eigenvalue weighted by Crippen LogP contribution is 2.32. The van der Waals surface area contributed by atoms with Crippen molar-refractivity contribution in [3.8, 4) is 0 Å². The van der Waals surface area contributed by atoms with Gasteiger partial charge in [0.05, 0.1) is 24.8 Å². The molecule has 120 valence electrons. The second-order valence-corrected chi connectivity index (χ2v) is 6.18. The first-order valence-electron chi connectivity index (χ1n) is 7.02. The summed E-state index contributed by atoms with van der Waals surface area (Å²) < 4.78 is 10.1. The van der Waals surface area contributed by atoms with Gasteiger partial charge in [-0.25, -0.2) is 0 Å². The first-order valence-corrected chi connectivity index (χ1v) is 7.90. The molecule has 1 amide bonds. The second kappa shape index (κ2) is 6.02. The lowest BCUT2D eigenvalue weighted by molar-refractivity contribution is 0.0713. The number of carbonyl (C=O) groups excluding carboxylic acids is 1. The molecule has 23 heavy (non-hydrogen) atoms. The lowest BCUT2D eigenvalue weighted by Gasteiger charge is -2.26. The fourth-order valence-corrected chi connectivity index (χ4v) is 3.29. The third-order valence-electron chi connectivity index (χ3n) is 3.69. The van der Waals surface area contributed by atoms with Gasteiger partial charge in [-0.3, -0.25) is 4.79 Å². The molecule has 1 atom stereocenters. The highest BCUT2D eigenvalue weighted by atomic mass is 32.1. The highest BCUT2D eigenvalue weighted by Gasteiger charge is 2.34. The highest BCUT2D eigenvalue weighted by molar-refractivity contribution is 7.10. The number of rotatable bonds is 5. The molecule has 0 spiro atoms. The van der Waals surface area contributed by atoms with Crippen LogP contribution in [-0.4, -0.2) is 22.7 Å². The molecule has 0 bridgehead atoms. The van der Waals surface area contributed by atoms with Crippen LogP contribution in [0.15, 0.2) is 45.0 Å². The van der Waals surface area contributed by atoms with Gasteiger partial charge in [-0.05, 0) is 31.4 Å². The third kappa shape index (κ3) is 2.80. The molecule has 0 aliphatic heterocycles. The molecule has 7 heteroatoms. The van der Waals surface area contributed by atoms with Gasteiger partial charge in [0.1, 0.15) is 16.9 Å². The molecule has 0 radical (unpaired) electrons. The topological polar surface area (TPSA) is 88.5 Å². The Morgan fingerprint density at radius 3 is 2.83 bits per heavy atom. The SMILES string of the molecule is Cc1noc(C)c1C(=O)NCC(O)(c1ccoc1)c1cccs1. The molecule has 3 rings (SSSR count). The molecule has 0 fully saturated rings. The van der Waals surface area contributed by atoms with Crippen LogP contribution >= 0.6 is 11.3 Å². The summed E-state index contributed by atoms with van der Waals surface area (Å²) in [6.45, 7) is 3.39. The van der Waals surface area contributed by atoms with E-state index in [2.05, 4.69) is 10.5 Å². The minimum atomic E-state index is -1.35. The smallest absolute Gasteiger partial charge is 0.256 e. The molecule has 0 aromatic carbocycles. The van der Waals surface area contributed by atoms with Crippen molar-refractivity contribution < 1.29 is 18.8 Å². The lowest BCUT2D eigenvalue weighted by Crippen LogP contribution is -2.41. The predicted octanol–water partition coefficient (Wildman–Crippen LogP) is 2.61. The van der Waals surface area contributed by atoms with Gasteiger partial charge in [-0.1, -0.05) is 11.2 Å². The van der Waals surface area contributed by atoms with Crippen LogP contribution in [0.5, 0.6) is 0 Å². The normalized spacial score (nSPS) is 13.7. The van der Waals surface area contributed by atoms with Gasteiger partial charge in [-0.2, -0.15) is 0 Å². The van der Waals surface area contributed by atoms with Crippen LogP contribution in [0.2, 0.25) is 0 Å². The molecule has 2 N–H and O–H groups in total. The Labute approximate surface area is 136 Å². The fourth-order valence-electron chi connectivity index (χ4n) is 2.45. The third-order valence-corrected chi connectivity index (χ3v) is 4.71. The monoisotopic (exact) mass is 332 g/mol. The Hall–Kier alpha value is -2.38. The van der Waals surface area contributed by atoms with E-state index in [0.29, 0.717) is 22.6 Å². The zero-order valence-electron chi connectivity index (χ0n) is 12.7. The maximum Gasteiger partial charge on any atom is 0.256 e. The quantitative estimate of drug-likeness (QED) is 0.750. The van der Waals surface area contributed by atoms with Gasteiger partial charge in [0.15, 0.2) is 0 Å². The number of carbonyl (C=O) groups is 1. The minimum Gasteiger partial charge on any atom is -0.472 e. The molecular weight excluding hydrogens is 316 g/mol. The van der Waals surface area contributed by atoms with Crippen molar-refractivity contribution in [2.75, 3.05) is 6.54 Å². The fraction of sp³-hybridized carbons (Fsp3) is 0.250. The van der Waals surface area contributed by atoms with Crippen molar-refractivity contribution in [1.82, 2.24) is 10.5 Å². The van der Waals surface area contributed by atoms with E-state index in [1.807, 2.05) is 17.5 Å². The molecule has 0 saturated carbocycles. The minimum absolute atomic E-state index is 0.00986. The van der Waals surface area contributed by atoms with Crippen molar-refractivity contribution in [3.63, 3.8) is 0 Å². The largest absolute Gasteiger partial charge is 0.472 e. The Kier molecular flexibility index (Phi) is 4.06. The summed E-state index contributed by atoms with van der Waals surface area (Å²) in [5.74, 6) is 0.114. The van der Waals surface area contributed by atoms with E-state index >= 15 is 0 Å². The van der Waals surface area contributed by atoms with E-state index < -0.39 is 5.60 Å². The van der Waals surface area contributed by atoms with Crippen LogP contribution in [0, 0.1) is 13.8 Å². The van der Waals surface area contributed by atoms with Gasteiger partial charge in [0.2, 0.25) is 0 Å². The number of nitrogens with zero attached hydrogens (tertiary/aromatic N) is 1. The molecule has 3 aromatic rings. The Balaban J connectivity index is 1.85. The number of amides is 1. The molecule has 0 saturated heterocycles. The molecule has 3 heterocycles. The standard InChI is InChI=1S/C16H16N2O4S/c1-10-14(11(2)22-18-10)15(19)17-9-16(20,12-5-6-21-8-12)13-4-3-7-23-13/h3-8,20H,9H2,1-2H3,(H,17,19). The van der Waals surface area contributed by atoms with Crippen LogP contribution in [0.25, 0.3) is 0 Å². The number of hydrogen-bond acceptors (Lipinski definition) is 6. The van der Waals surface area contributed by atoms with E-state index in [1.165, 1.54) is 23.9 Å². The summed E-state index contributed by atoms with van der Waals surface area (Å²) in [6.07, 6.45) is 2.96. The van der Waals surface area contributed by atoms with Gasteiger partial charge < -0.3 is 19.4 Å². The summed E-state index contributed by atoms with van der Waals surface area (Å²) in [5.41, 5.74) is 0.142. The second-order valence-electron chi connectivity index (χ2n) is 5.23. The predicted molar refractivity (Wildman–Crippen MR) is 84.3 cm³/mol. The Bertz CT molecular complexity index is 737. The number of aryl methyl sites for hydroxylation is 2. The summed E-state index contributed by atoms with van der Waals surface area (Å²) in [7, 11) is 0. The number of thiophene rings is 1. The van der Waals surface area contributed by atoms with Crippen molar-refractivity contribution in [1.29, 1.82) is 0 Å². The summed E-state index contributed by atoms with van der Waals surface area (Å²) in [4.78, 5) is 13.1. The first-order chi connectivity index (χ1) is 11.0. The first kappa shape index (κ1) is 15.5. The maximum atomic E-state index is 12.4. The van der Waals surface area contributed by atoms with Crippen LogP contribution in [0.4, 0.5) is 0 Å². The molecule has 3 aromatic heterocycles. The zero-order valence-corrected chi connectivity index (χ0v) is 13.5. The van der Waals surface area contributed by atoms with Crippen molar-refractivity contribution in [2.45, 2.75) is 19.4 Å². The van der Waals surface area contributed by atoms with Crippen LogP contribution in [-0.2, 0) is 5.60 Å². The molecule has 0 aliphatic rings. The van der Waals surface area contributed by atoms with E-state index in [1.54, 1.807) is 19.9 Å². The van der Waals surface area contributed by atoms with E-state index in [9.17, 15) is 9.90 Å². The average molecular weight is 332 g/mol. The lowest BCUT2D eigenvalue weighted by atomic mass is 9.94. The van der Waals surface area contributed by atoms with Gasteiger partial charge in [0, 0.05) is 10.4 Å². The maximum absolute atomic E-state index is 12.4. The number of aromatic nitrogens is 1. The summed E-state index contributed by atoms with van der Waals surface area (Å²) in [6, 6.07) is 5.35. The average Bonchev–Trinajstić information content (AvgIpc) is 3.27. The van der Waals surface area contributed by atoms with Crippen LogP contribution < -0.4 is 5.32 Å². The molecule has 1 unspecified atom stereocenters. The van der Waals surface area contributed by atoms with E-state index in [-0.39, 0.29) is 12.5 Å². The Morgan fingerprint density at radius 1 is 1.43 bits per heavy atom. The van der Waals surface area contributed by atoms with E-state index in [4.69, 9.17) is 8.94 Å². The van der Waals surface area contributed by atoms with Crippen molar-refractivity contribution >= 4 is 17.2 Å². The molecular formula is C16H16N2O4S. The Morgan fingerprint density at radius 2 is 2.26 bits per heavy atom. The van der Waals surface area contributed by atoms with Gasteiger partial charge in [-0.15, -0.1) is 11.3 Å². The van der Waals surface area contributed by atoms with Crippen LogP contribution in [0.1, 0.15) is 32.3 Å². The van der Waals surface area contributed by atoms with Crippen LogP contribution in [0.3, 0.4) is 0 Å². The molecule has 6 nitrogen and oxygen atoms in total. The molecule has 0 aliphatic carbocycles. The summed E-state index contributed by atoms with van der Waals surface area (Å²) >= 11 is 1.41. The number of hydrogen-bond donors (Lipinski definition) is 2. The van der Waals surface area contributed by atoms with E-state index in [0.717, 1.165) is 4.88 Å². The van der Waals surface area contributed by atoms with Crippen molar-refractivity contribution in [3.05, 3.63) is 63.6 Å². The van der Waals surface area contributed by atoms with Crippen molar-refractivity contribution in [2.24, 2.45) is 0 Å². The zero-order chi connectivity index (χ0) is 16.4.